The van der Waals surface area contributed by atoms with Gasteiger partial charge in [0.05, 0.1) is 12.8 Å². The maximum atomic E-state index is 11.3. The Labute approximate surface area is 131 Å². The molecule has 3 N–H and O–H groups in total. The minimum absolute atomic E-state index is 0.197. The zero-order valence-corrected chi connectivity index (χ0v) is 12.7. The second-order valence-corrected chi connectivity index (χ2v) is 6.32. The maximum absolute atomic E-state index is 11.3. The molecule has 4 nitrogen and oxygen atoms in total. The lowest BCUT2D eigenvalue weighted by Crippen LogP contribution is -2.38. The Morgan fingerprint density at radius 2 is 2.00 bits per heavy atom. The topological polar surface area (TPSA) is 67.8 Å². The molecule has 3 aromatic rings. The second-order valence-electron chi connectivity index (χ2n) is 5.24. The molecule has 0 saturated carbocycles. The fourth-order valence-electron chi connectivity index (χ4n) is 2.80. The molecule has 0 aliphatic carbocycles. The predicted octanol–water partition coefficient (Wildman–Crippen LogP) is 3.15. The van der Waals surface area contributed by atoms with Crippen molar-refractivity contribution in [2.24, 2.45) is 10.7 Å². The normalized spacial score (nSPS) is 20.0. The minimum atomic E-state index is -1.40. The van der Waals surface area contributed by atoms with Crippen LogP contribution in [0, 0.1) is 0 Å². The van der Waals surface area contributed by atoms with Crippen molar-refractivity contribution < 1.29 is 9.84 Å². The fourth-order valence-corrected chi connectivity index (χ4v) is 3.97. The van der Waals surface area contributed by atoms with Crippen molar-refractivity contribution in [2.75, 3.05) is 7.11 Å². The second kappa shape index (κ2) is 4.56. The monoisotopic (exact) mass is 310 g/mol. The van der Waals surface area contributed by atoms with Gasteiger partial charge >= 0.3 is 0 Å². The lowest BCUT2D eigenvalue weighted by molar-refractivity contribution is 0.162. The predicted molar refractivity (Wildman–Crippen MR) is 89.1 cm³/mol. The van der Waals surface area contributed by atoms with E-state index >= 15 is 0 Å². The summed E-state index contributed by atoms with van der Waals surface area (Å²) in [5.74, 6) is 0.866. The highest BCUT2D eigenvalue weighted by Crippen LogP contribution is 2.46. The first kappa shape index (κ1) is 13.3. The Morgan fingerprint density at radius 1 is 1.18 bits per heavy atom. The van der Waals surface area contributed by atoms with Crippen LogP contribution >= 0.6 is 11.3 Å². The Balaban J connectivity index is 1.95. The van der Waals surface area contributed by atoms with Gasteiger partial charge in [-0.05, 0) is 35.7 Å². The average Bonchev–Trinajstić information content (AvgIpc) is 3.08. The summed E-state index contributed by atoms with van der Waals surface area (Å²) >= 11 is 1.52. The minimum Gasteiger partial charge on any atom is -0.497 e. The van der Waals surface area contributed by atoms with E-state index in [1.165, 1.54) is 11.3 Å². The van der Waals surface area contributed by atoms with E-state index in [0.29, 0.717) is 17.0 Å². The highest BCUT2D eigenvalue weighted by Gasteiger charge is 2.44. The Kier molecular flexibility index (Phi) is 2.76. The molecule has 1 atom stereocenters. The molecule has 0 fully saturated rings. The van der Waals surface area contributed by atoms with Crippen molar-refractivity contribution in [1.82, 2.24) is 0 Å². The summed E-state index contributed by atoms with van der Waals surface area (Å²) in [6.45, 7) is 0. The molecule has 0 bridgehead atoms. The quantitative estimate of drug-likeness (QED) is 0.764. The van der Waals surface area contributed by atoms with Crippen LogP contribution in [0.5, 0.6) is 5.75 Å². The number of aliphatic imine (C=N–C) groups is 1. The van der Waals surface area contributed by atoms with Crippen molar-refractivity contribution in [3.8, 4) is 5.75 Å². The molecular weight excluding hydrogens is 296 g/mol. The van der Waals surface area contributed by atoms with Crippen LogP contribution in [0.3, 0.4) is 0 Å². The third-order valence-corrected chi connectivity index (χ3v) is 5.21. The summed E-state index contributed by atoms with van der Waals surface area (Å²) in [5.41, 5.74) is 6.02. The van der Waals surface area contributed by atoms with Gasteiger partial charge in [0.25, 0.3) is 0 Å². The smallest absolute Gasteiger partial charge is 0.184 e. The molecule has 2 aromatic carbocycles. The van der Waals surface area contributed by atoms with Crippen molar-refractivity contribution in [3.05, 3.63) is 59.0 Å². The number of thiophene rings is 1. The number of methoxy groups -OCH3 is 1. The van der Waals surface area contributed by atoms with Gasteiger partial charge in [-0.3, -0.25) is 0 Å². The number of rotatable bonds is 2. The highest BCUT2D eigenvalue weighted by molar-refractivity contribution is 7.19. The zero-order chi connectivity index (χ0) is 15.3. The number of fused-ring (bicyclic) bond motifs is 2. The Morgan fingerprint density at radius 3 is 2.77 bits per heavy atom. The first-order chi connectivity index (χ1) is 10.6. The first-order valence-corrected chi connectivity index (χ1v) is 7.69. The molecule has 5 heteroatoms. The van der Waals surface area contributed by atoms with Crippen LogP contribution in [-0.2, 0) is 5.60 Å². The first-order valence-electron chi connectivity index (χ1n) is 6.87. The van der Waals surface area contributed by atoms with Crippen molar-refractivity contribution in [1.29, 1.82) is 0 Å². The maximum Gasteiger partial charge on any atom is 0.184 e. The van der Waals surface area contributed by atoms with E-state index in [2.05, 4.69) is 4.99 Å². The number of hydrogen-bond acceptors (Lipinski definition) is 5. The van der Waals surface area contributed by atoms with E-state index in [1.807, 2.05) is 42.5 Å². The number of aliphatic hydroxyl groups is 1. The SMILES string of the molecule is COc1ccc2c(c1)C(O)(c1cc3ccccc3s1)C(N)=N2. The van der Waals surface area contributed by atoms with Gasteiger partial charge in [0.15, 0.2) is 5.60 Å². The van der Waals surface area contributed by atoms with Gasteiger partial charge in [-0.15, -0.1) is 11.3 Å². The molecule has 2 heterocycles. The standard InChI is InChI=1S/C17H14N2O2S/c1-21-11-6-7-13-12(9-11)17(20,16(18)19-13)15-8-10-4-2-3-5-14(10)22-15/h2-9,20H,1H3,(H2,18,19). The lowest BCUT2D eigenvalue weighted by atomic mass is 9.92. The molecule has 1 aliphatic heterocycles. The van der Waals surface area contributed by atoms with E-state index in [0.717, 1.165) is 15.0 Å². The summed E-state index contributed by atoms with van der Waals surface area (Å²) in [6, 6.07) is 15.4. The lowest BCUT2D eigenvalue weighted by Gasteiger charge is -2.23. The van der Waals surface area contributed by atoms with E-state index < -0.39 is 5.60 Å². The Bertz CT molecular complexity index is 883. The van der Waals surface area contributed by atoms with Crippen molar-refractivity contribution in [2.45, 2.75) is 5.60 Å². The zero-order valence-electron chi connectivity index (χ0n) is 11.9. The summed E-state index contributed by atoms with van der Waals surface area (Å²) in [4.78, 5) is 5.09. The molecule has 0 saturated heterocycles. The summed E-state index contributed by atoms with van der Waals surface area (Å²) in [5, 5.41) is 12.4. The van der Waals surface area contributed by atoms with Crippen LogP contribution in [-0.4, -0.2) is 18.1 Å². The van der Waals surface area contributed by atoms with Crippen LogP contribution in [0.25, 0.3) is 10.1 Å². The van der Waals surface area contributed by atoms with Crippen molar-refractivity contribution in [3.63, 3.8) is 0 Å². The molecule has 1 unspecified atom stereocenters. The summed E-state index contributed by atoms with van der Waals surface area (Å²) in [7, 11) is 1.60. The van der Waals surface area contributed by atoms with Gasteiger partial charge in [-0.25, -0.2) is 4.99 Å². The molecule has 4 rings (SSSR count). The molecule has 1 aliphatic rings. The molecule has 110 valence electrons. The van der Waals surface area contributed by atoms with Gasteiger partial charge in [-0.1, -0.05) is 18.2 Å². The van der Waals surface area contributed by atoms with E-state index in [-0.39, 0.29) is 5.84 Å². The molecule has 0 spiro atoms. The van der Waals surface area contributed by atoms with E-state index in [4.69, 9.17) is 10.5 Å². The molecule has 0 amide bonds. The largest absolute Gasteiger partial charge is 0.497 e. The number of ether oxygens (including phenoxy) is 1. The van der Waals surface area contributed by atoms with Gasteiger partial charge in [0.2, 0.25) is 0 Å². The third-order valence-electron chi connectivity index (χ3n) is 3.99. The van der Waals surface area contributed by atoms with Gasteiger partial charge < -0.3 is 15.6 Å². The number of amidine groups is 1. The van der Waals surface area contributed by atoms with Crippen LogP contribution in [0.1, 0.15) is 10.4 Å². The fraction of sp³-hybridized carbons (Fsp3) is 0.118. The number of nitrogens with zero attached hydrogens (tertiary/aromatic N) is 1. The van der Waals surface area contributed by atoms with Gasteiger partial charge in [0, 0.05) is 15.1 Å². The number of nitrogens with two attached hydrogens (primary N) is 1. The molecule has 22 heavy (non-hydrogen) atoms. The Hall–Kier alpha value is -2.37. The van der Waals surface area contributed by atoms with Crippen LogP contribution < -0.4 is 10.5 Å². The van der Waals surface area contributed by atoms with Crippen LogP contribution in [0.15, 0.2) is 53.5 Å². The van der Waals surface area contributed by atoms with Crippen LogP contribution in [0.4, 0.5) is 5.69 Å². The summed E-state index contributed by atoms with van der Waals surface area (Å²) < 4.78 is 6.37. The third kappa shape index (κ3) is 1.70. The van der Waals surface area contributed by atoms with E-state index in [9.17, 15) is 5.11 Å². The van der Waals surface area contributed by atoms with Gasteiger partial charge in [-0.2, -0.15) is 0 Å². The van der Waals surface area contributed by atoms with Crippen LogP contribution in [0.2, 0.25) is 0 Å². The summed E-state index contributed by atoms with van der Waals surface area (Å²) in [6.07, 6.45) is 0. The van der Waals surface area contributed by atoms with Gasteiger partial charge in [0.1, 0.15) is 11.6 Å². The average molecular weight is 310 g/mol. The number of benzene rings is 2. The van der Waals surface area contributed by atoms with E-state index in [1.54, 1.807) is 13.2 Å². The number of hydrogen-bond donors (Lipinski definition) is 2. The van der Waals surface area contributed by atoms with Crippen molar-refractivity contribution >= 4 is 32.9 Å². The molecule has 1 aromatic heterocycles. The molecular formula is C17H14N2O2S. The molecule has 0 radical (unpaired) electrons. The highest BCUT2D eigenvalue weighted by atomic mass is 32.1.